The maximum atomic E-state index is 6.40. The van der Waals surface area contributed by atoms with Gasteiger partial charge in [-0.3, -0.25) is 0 Å². The van der Waals surface area contributed by atoms with E-state index in [1.165, 1.54) is 24.8 Å². The fraction of sp³-hybridized carbons (Fsp3) is 0.625. The van der Waals surface area contributed by atoms with Gasteiger partial charge in [0, 0.05) is 23.0 Å². The molecule has 0 unspecified atom stereocenters. The summed E-state index contributed by atoms with van der Waals surface area (Å²) in [5.41, 5.74) is 1.60. The minimum Gasteiger partial charge on any atom is -0.314 e. The van der Waals surface area contributed by atoms with E-state index in [2.05, 4.69) is 38.2 Å². The Morgan fingerprint density at radius 3 is 2.56 bits per heavy atom. The van der Waals surface area contributed by atoms with Crippen LogP contribution in [-0.2, 0) is 5.41 Å². The molecule has 1 aliphatic rings. The highest BCUT2D eigenvalue weighted by atomic mass is 35.5. The third-order valence-electron chi connectivity index (χ3n) is 4.23. The van der Waals surface area contributed by atoms with Gasteiger partial charge in [-0.25, -0.2) is 0 Å². The molecule has 1 saturated carbocycles. The van der Waals surface area contributed by atoms with Crippen LogP contribution in [0.15, 0.2) is 24.3 Å². The number of halogens is 1. The Balaban J connectivity index is 2.19. The van der Waals surface area contributed by atoms with E-state index < -0.39 is 0 Å². The van der Waals surface area contributed by atoms with Crippen LogP contribution in [0.3, 0.4) is 0 Å². The molecule has 1 nitrogen and oxygen atoms in total. The van der Waals surface area contributed by atoms with Crippen molar-refractivity contribution in [3.63, 3.8) is 0 Å². The van der Waals surface area contributed by atoms with Gasteiger partial charge < -0.3 is 5.32 Å². The van der Waals surface area contributed by atoms with Gasteiger partial charge in [0.05, 0.1) is 0 Å². The molecule has 0 heterocycles. The van der Waals surface area contributed by atoms with E-state index in [0.29, 0.717) is 6.04 Å². The molecular weight excluding hydrogens is 242 g/mol. The van der Waals surface area contributed by atoms with Crippen molar-refractivity contribution in [2.24, 2.45) is 5.92 Å². The van der Waals surface area contributed by atoms with Crippen LogP contribution in [-0.4, -0.2) is 12.6 Å². The highest BCUT2D eigenvalue weighted by Crippen LogP contribution is 2.50. The Morgan fingerprint density at radius 1 is 1.33 bits per heavy atom. The van der Waals surface area contributed by atoms with Crippen molar-refractivity contribution >= 4 is 11.6 Å². The van der Waals surface area contributed by atoms with Gasteiger partial charge in [0.25, 0.3) is 0 Å². The first-order chi connectivity index (χ1) is 8.57. The highest BCUT2D eigenvalue weighted by molar-refractivity contribution is 6.31. The molecule has 100 valence electrons. The van der Waals surface area contributed by atoms with Gasteiger partial charge in [0.15, 0.2) is 0 Å². The predicted octanol–water partition coefficient (Wildman–Crippen LogP) is 4.40. The van der Waals surface area contributed by atoms with Crippen LogP contribution in [0.5, 0.6) is 0 Å². The minimum atomic E-state index is 0.267. The molecular formula is C16H24ClN. The molecule has 2 rings (SSSR count). The fourth-order valence-corrected chi connectivity index (χ4v) is 3.42. The van der Waals surface area contributed by atoms with Gasteiger partial charge in [-0.2, -0.15) is 0 Å². The van der Waals surface area contributed by atoms with Crippen LogP contribution in [0.1, 0.15) is 45.6 Å². The van der Waals surface area contributed by atoms with Crippen molar-refractivity contribution in [2.45, 2.75) is 51.5 Å². The first-order valence-corrected chi connectivity index (χ1v) is 7.43. The molecule has 0 saturated heterocycles. The van der Waals surface area contributed by atoms with Gasteiger partial charge in [0.1, 0.15) is 0 Å². The van der Waals surface area contributed by atoms with E-state index in [9.17, 15) is 0 Å². The van der Waals surface area contributed by atoms with Crippen LogP contribution >= 0.6 is 11.6 Å². The summed E-state index contributed by atoms with van der Waals surface area (Å²) in [6.45, 7) is 7.74. The predicted molar refractivity (Wildman–Crippen MR) is 79.3 cm³/mol. The molecule has 0 aliphatic heterocycles. The average molecular weight is 266 g/mol. The molecule has 0 radical (unpaired) electrons. The largest absolute Gasteiger partial charge is 0.314 e. The molecule has 0 atom stereocenters. The summed E-state index contributed by atoms with van der Waals surface area (Å²) in [6.07, 6.45) is 3.83. The second-order valence-corrected chi connectivity index (χ2v) is 6.39. The van der Waals surface area contributed by atoms with Gasteiger partial charge in [-0.1, -0.05) is 57.0 Å². The maximum Gasteiger partial charge on any atom is 0.0444 e. The lowest BCUT2D eigenvalue weighted by molar-refractivity contribution is 0.131. The number of rotatable bonds is 5. The molecule has 1 fully saturated rings. The lowest BCUT2D eigenvalue weighted by Gasteiger charge is -2.49. The zero-order valence-corrected chi connectivity index (χ0v) is 12.4. The molecule has 1 aromatic carbocycles. The van der Waals surface area contributed by atoms with Crippen LogP contribution in [0.4, 0.5) is 0 Å². The summed E-state index contributed by atoms with van der Waals surface area (Å²) in [7, 11) is 0. The van der Waals surface area contributed by atoms with E-state index in [4.69, 9.17) is 11.6 Å². The number of nitrogens with one attached hydrogen (secondary N) is 1. The summed E-state index contributed by atoms with van der Waals surface area (Å²) in [5, 5.41) is 4.53. The average Bonchev–Trinajstić information content (AvgIpc) is 2.29. The molecule has 1 aliphatic carbocycles. The minimum absolute atomic E-state index is 0.267. The van der Waals surface area contributed by atoms with E-state index in [1.54, 1.807) is 0 Å². The lowest BCUT2D eigenvalue weighted by Crippen LogP contribution is -2.50. The SMILES string of the molecule is CCC1CC(CNC(C)C)(c2ccccc2Cl)C1. The summed E-state index contributed by atoms with van der Waals surface area (Å²) < 4.78 is 0. The number of benzene rings is 1. The van der Waals surface area contributed by atoms with Crippen molar-refractivity contribution < 1.29 is 0 Å². The van der Waals surface area contributed by atoms with Crippen molar-refractivity contribution in [1.29, 1.82) is 0 Å². The highest BCUT2D eigenvalue weighted by Gasteiger charge is 2.45. The molecule has 2 heteroatoms. The maximum absolute atomic E-state index is 6.40. The smallest absolute Gasteiger partial charge is 0.0444 e. The van der Waals surface area contributed by atoms with E-state index in [0.717, 1.165) is 17.5 Å². The standard InChI is InChI=1S/C16H24ClN/c1-4-13-9-16(10-13,11-18-12(2)3)14-7-5-6-8-15(14)17/h5-8,12-13,18H,4,9-11H2,1-3H3. The number of hydrogen-bond donors (Lipinski definition) is 1. The molecule has 18 heavy (non-hydrogen) atoms. The lowest BCUT2D eigenvalue weighted by atomic mass is 9.58. The summed E-state index contributed by atoms with van der Waals surface area (Å²) >= 11 is 6.40. The second-order valence-electron chi connectivity index (χ2n) is 5.98. The molecule has 1 aromatic rings. The number of hydrogen-bond acceptors (Lipinski definition) is 1. The Kier molecular flexibility index (Phi) is 4.34. The summed E-state index contributed by atoms with van der Waals surface area (Å²) in [6, 6.07) is 8.89. The molecule has 0 amide bonds. The molecule has 1 N–H and O–H groups in total. The Morgan fingerprint density at radius 2 is 2.00 bits per heavy atom. The van der Waals surface area contributed by atoms with E-state index in [1.807, 2.05) is 12.1 Å². The topological polar surface area (TPSA) is 12.0 Å². The van der Waals surface area contributed by atoms with Crippen LogP contribution in [0.2, 0.25) is 5.02 Å². The van der Waals surface area contributed by atoms with Crippen LogP contribution in [0.25, 0.3) is 0 Å². The van der Waals surface area contributed by atoms with Gasteiger partial charge in [-0.05, 0) is 30.4 Å². The Hall–Kier alpha value is -0.530. The first-order valence-electron chi connectivity index (χ1n) is 7.06. The van der Waals surface area contributed by atoms with Crippen molar-refractivity contribution in [2.75, 3.05) is 6.54 Å². The fourth-order valence-electron chi connectivity index (χ4n) is 3.08. The Bertz CT molecular complexity index is 394. The molecule has 0 aromatic heterocycles. The van der Waals surface area contributed by atoms with Crippen LogP contribution in [0, 0.1) is 5.92 Å². The van der Waals surface area contributed by atoms with Gasteiger partial charge in [0.2, 0.25) is 0 Å². The normalized spacial score (nSPS) is 27.3. The second kappa shape index (κ2) is 5.63. The first kappa shape index (κ1) is 13.9. The zero-order valence-electron chi connectivity index (χ0n) is 11.7. The van der Waals surface area contributed by atoms with Crippen LogP contribution < -0.4 is 5.32 Å². The summed E-state index contributed by atoms with van der Waals surface area (Å²) in [5.74, 6) is 0.871. The Labute approximate surface area is 116 Å². The molecule has 0 spiro atoms. The van der Waals surface area contributed by atoms with E-state index >= 15 is 0 Å². The zero-order chi connectivity index (χ0) is 13.2. The third kappa shape index (κ3) is 2.73. The molecule has 0 bridgehead atoms. The van der Waals surface area contributed by atoms with E-state index in [-0.39, 0.29) is 5.41 Å². The van der Waals surface area contributed by atoms with Crippen molar-refractivity contribution in [1.82, 2.24) is 5.32 Å². The van der Waals surface area contributed by atoms with Crippen molar-refractivity contribution in [3.8, 4) is 0 Å². The van der Waals surface area contributed by atoms with Gasteiger partial charge in [-0.15, -0.1) is 0 Å². The van der Waals surface area contributed by atoms with Crippen molar-refractivity contribution in [3.05, 3.63) is 34.9 Å². The monoisotopic (exact) mass is 265 g/mol. The summed E-state index contributed by atoms with van der Waals surface area (Å²) in [4.78, 5) is 0. The quantitative estimate of drug-likeness (QED) is 0.832. The third-order valence-corrected chi connectivity index (χ3v) is 4.56. The van der Waals surface area contributed by atoms with Gasteiger partial charge >= 0.3 is 0 Å².